The van der Waals surface area contributed by atoms with Gasteiger partial charge in [-0.05, 0) is 47.5 Å². The van der Waals surface area contributed by atoms with Crippen molar-refractivity contribution in [3.63, 3.8) is 0 Å². The average molecular weight is 448 g/mol. The fourth-order valence-electron chi connectivity index (χ4n) is 2.35. The second kappa shape index (κ2) is 12.4. The molecule has 0 fully saturated rings. The van der Waals surface area contributed by atoms with E-state index in [2.05, 4.69) is 0 Å². The number of hydrogen-bond acceptors (Lipinski definition) is 8. The number of aromatic hydroxyl groups is 2. The van der Waals surface area contributed by atoms with Gasteiger partial charge in [0, 0.05) is 12.2 Å². The molecule has 0 saturated heterocycles. The molecular weight excluding hydrogens is 424 g/mol. The fraction of sp³-hybridized carbons (Fsp3) is 0.182. The lowest BCUT2D eigenvalue weighted by atomic mass is 10.1. The van der Waals surface area contributed by atoms with Gasteiger partial charge in [0.15, 0.2) is 23.0 Å². The van der Waals surface area contributed by atoms with Crippen molar-refractivity contribution in [3.8, 4) is 34.5 Å². The van der Waals surface area contributed by atoms with Gasteiger partial charge >= 0.3 is 11.9 Å². The molecule has 10 nitrogen and oxygen atoms in total. The van der Waals surface area contributed by atoms with Crippen molar-refractivity contribution in [1.82, 2.24) is 0 Å². The van der Waals surface area contributed by atoms with Crippen LogP contribution in [0, 0.1) is 0 Å². The SMILES string of the molecule is COc1cc(/C=C/C(=O)O)cc(OC)c1O.COc1cc(/C=C/C(=O)O)cc(OC)c1O. The quantitative estimate of drug-likeness (QED) is 0.443. The van der Waals surface area contributed by atoms with Crippen LogP contribution in [0.5, 0.6) is 34.5 Å². The van der Waals surface area contributed by atoms with Crippen molar-refractivity contribution in [2.24, 2.45) is 0 Å². The Kier molecular flexibility index (Phi) is 9.94. The van der Waals surface area contributed by atoms with E-state index in [1.54, 1.807) is 0 Å². The van der Waals surface area contributed by atoms with Gasteiger partial charge in [0.05, 0.1) is 28.4 Å². The molecule has 0 heterocycles. The molecule has 2 aromatic rings. The van der Waals surface area contributed by atoms with E-state index in [1.807, 2.05) is 0 Å². The van der Waals surface area contributed by atoms with Crippen LogP contribution in [0.3, 0.4) is 0 Å². The number of benzene rings is 2. The molecule has 2 rings (SSSR count). The van der Waals surface area contributed by atoms with E-state index in [-0.39, 0.29) is 34.5 Å². The number of aliphatic carboxylic acids is 2. The summed E-state index contributed by atoms with van der Waals surface area (Å²) < 4.78 is 19.7. The second-order valence-electron chi connectivity index (χ2n) is 5.89. The van der Waals surface area contributed by atoms with Crippen molar-refractivity contribution < 1.29 is 49.0 Å². The summed E-state index contributed by atoms with van der Waals surface area (Å²) in [5.41, 5.74) is 1.13. The first-order chi connectivity index (χ1) is 15.2. The molecule has 2 aromatic carbocycles. The highest BCUT2D eigenvalue weighted by Gasteiger charge is 2.10. The third-order valence-electron chi connectivity index (χ3n) is 3.84. The second-order valence-corrected chi connectivity index (χ2v) is 5.89. The first-order valence-corrected chi connectivity index (χ1v) is 8.88. The van der Waals surface area contributed by atoms with Gasteiger partial charge in [-0.15, -0.1) is 0 Å². The third-order valence-corrected chi connectivity index (χ3v) is 3.84. The van der Waals surface area contributed by atoms with E-state index in [9.17, 15) is 19.8 Å². The van der Waals surface area contributed by atoms with Crippen LogP contribution in [0.4, 0.5) is 0 Å². The standard InChI is InChI=1S/2C11H12O5/c2*1-15-8-5-7(3-4-10(12)13)6-9(16-2)11(8)14/h2*3-6,14H,1-2H3,(H,12,13)/b2*4-3+. The first-order valence-electron chi connectivity index (χ1n) is 8.88. The highest BCUT2D eigenvalue weighted by molar-refractivity contribution is 5.86. The Bertz CT molecular complexity index is 876. The van der Waals surface area contributed by atoms with E-state index in [1.165, 1.54) is 64.9 Å². The summed E-state index contributed by atoms with van der Waals surface area (Å²) in [6, 6.07) is 6.04. The minimum Gasteiger partial charge on any atom is -0.502 e. The van der Waals surface area contributed by atoms with Crippen molar-refractivity contribution in [2.75, 3.05) is 28.4 Å². The van der Waals surface area contributed by atoms with Gasteiger partial charge in [-0.1, -0.05) is 0 Å². The van der Waals surface area contributed by atoms with Gasteiger partial charge in [-0.3, -0.25) is 0 Å². The summed E-state index contributed by atoms with van der Waals surface area (Å²) in [6.45, 7) is 0. The third kappa shape index (κ3) is 7.48. The fourth-order valence-corrected chi connectivity index (χ4v) is 2.35. The van der Waals surface area contributed by atoms with Crippen LogP contribution in [0.15, 0.2) is 36.4 Å². The molecule has 0 aliphatic rings. The average Bonchev–Trinajstić information content (AvgIpc) is 2.77. The smallest absolute Gasteiger partial charge is 0.328 e. The molecule has 0 unspecified atom stereocenters. The van der Waals surface area contributed by atoms with Crippen LogP contribution in [-0.2, 0) is 9.59 Å². The van der Waals surface area contributed by atoms with Crippen LogP contribution in [-0.4, -0.2) is 60.8 Å². The Morgan fingerprint density at radius 1 is 0.625 bits per heavy atom. The van der Waals surface area contributed by atoms with Crippen molar-refractivity contribution in [3.05, 3.63) is 47.5 Å². The van der Waals surface area contributed by atoms with Gasteiger partial charge in [0.1, 0.15) is 0 Å². The van der Waals surface area contributed by atoms with Crippen LogP contribution in [0.2, 0.25) is 0 Å². The number of methoxy groups -OCH3 is 4. The maximum Gasteiger partial charge on any atom is 0.328 e. The highest BCUT2D eigenvalue weighted by Crippen LogP contribution is 2.38. The summed E-state index contributed by atoms with van der Waals surface area (Å²) in [5.74, 6) is -1.42. The summed E-state index contributed by atoms with van der Waals surface area (Å²) in [6.07, 6.45) is 4.75. The van der Waals surface area contributed by atoms with Gasteiger partial charge in [-0.2, -0.15) is 0 Å². The van der Waals surface area contributed by atoms with E-state index >= 15 is 0 Å². The molecule has 4 N–H and O–H groups in total. The topological polar surface area (TPSA) is 152 Å². The zero-order valence-electron chi connectivity index (χ0n) is 17.9. The van der Waals surface area contributed by atoms with Gasteiger partial charge in [0.2, 0.25) is 11.5 Å². The molecule has 0 amide bonds. The van der Waals surface area contributed by atoms with Crippen LogP contribution >= 0.6 is 0 Å². The predicted octanol–water partition coefficient (Wildman–Crippen LogP) is 3.01. The number of phenolic OH excluding ortho intramolecular Hbond substituents is 2. The van der Waals surface area contributed by atoms with E-state index < -0.39 is 11.9 Å². The predicted molar refractivity (Wildman–Crippen MR) is 116 cm³/mol. The Hall–Kier alpha value is -4.34. The zero-order valence-corrected chi connectivity index (χ0v) is 17.9. The molecule has 0 spiro atoms. The highest BCUT2D eigenvalue weighted by atomic mass is 16.5. The number of carboxylic acid groups (broad SMARTS) is 2. The van der Waals surface area contributed by atoms with Crippen LogP contribution < -0.4 is 18.9 Å². The lowest BCUT2D eigenvalue weighted by Crippen LogP contribution is -1.91. The maximum absolute atomic E-state index is 10.3. The van der Waals surface area contributed by atoms with Crippen molar-refractivity contribution in [2.45, 2.75) is 0 Å². The molecular formula is C22H24O10. The number of carboxylic acids is 2. The van der Waals surface area contributed by atoms with E-state index in [4.69, 9.17) is 29.2 Å². The Balaban J connectivity index is 0.000000320. The van der Waals surface area contributed by atoms with E-state index in [0.717, 1.165) is 12.2 Å². The largest absolute Gasteiger partial charge is 0.502 e. The molecule has 0 aliphatic carbocycles. The minimum atomic E-state index is -1.05. The molecule has 172 valence electrons. The minimum absolute atomic E-state index is 0.113. The van der Waals surface area contributed by atoms with Crippen molar-refractivity contribution in [1.29, 1.82) is 0 Å². The number of phenols is 2. The van der Waals surface area contributed by atoms with Crippen LogP contribution in [0.1, 0.15) is 11.1 Å². The van der Waals surface area contributed by atoms with Gasteiger partial charge in [0.25, 0.3) is 0 Å². The Morgan fingerprint density at radius 2 is 0.875 bits per heavy atom. The molecule has 0 aromatic heterocycles. The first kappa shape index (κ1) is 25.7. The normalized spacial score (nSPS) is 10.4. The van der Waals surface area contributed by atoms with E-state index in [0.29, 0.717) is 11.1 Å². The molecule has 0 radical (unpaired) electrons. The molecule has 32 heavy (non-hydrogen) atoms. The summed E-state index contributed by atoms with van der Waals surface area (Å²) in [5, 5.41) is 36.2. The number of ether oxygens (including phenoxy) is 4. The molecule has 0 atom stereocenters. The number of carbonyl (C=O) groups is 2. The number of rotatable bonds is 8. The van der Waals surface area contributed by atoms with Gasteiger partial charge < -0.3 is 39.4 Å². The molecule has 0 bridgehead atoms. The number of hydrogen-bond donors (Lipinski definition) is 4. The summed E-state index contributed by atoms with van der Waals surface area (Å²) >= 11 is 0. The van der Waals surface area contributed by atoms with Crippen LogP contribution in [0.25, 0.3) is 12.2 Å². The molecule has 0 aliphatic heterocycles. The van der Waals surface area contributed by atoms with Crippen molar-refractivity contribution >= 4 is 24.1 Å². The lowest BCUT2D eigenvalue weighted by Gasteiger charge is -2.09. The Morgan fingerprint density at radius 3 is 1.06 bits per heavy atom. The maximum atomic E-state index is 10.3. The summed E-state index contributed by atoms with van der Waals surface area (Å²) in [4.78, 5) is 20.7. The Labute approximate surface area is 184 Å². The van der Waals surface area contributed by atoms with Gasteiger partial charge in [-0.25, -0.2) is 9.59 Å². The molecule has 10 heteroatoms. The lowest BCUT2D eigenvalue weighted by molar-refractivity contribution is -0.132. The zero-order chi connectivity index (χ0) is 24.3. The summed E-state index contributed by atoms with van der Waals surface area (Å²) in [7, 11) is 5.61. The molecule has 0 saturated carbocycles. The monoisotopic (exact) mass is 448 g/mol.